The van der Waals surface area contributed by atoms with Crippen LogP contribution in [0.1, 0.15) is 31.1 Å². The maximum absolute atomic E-state index is 12.6. The zero-order valence-corrected chi connectivity index (χ0v) is 16.7. The Labute approximate surface area is 163 Å². The lowest BCUT2D eigenvalue weighted by Gasteiger charge is -2.34. The van der Waals surface area contributed by atoms with Gasteiger partial charge in [-0.15, -0.1) is 11.3 Å². The number of hydrogen-bond donors (Lipinski definition) is 2. The Hall–Kier alpha value is -2.61. The van der Waals surface area contributed by atoms with Gasteiger partial charge in [0.05, 0.1) is 0 Å². The van der Waals surface area contributed by atoms with E-state index in [0.29, 0.717) is 24.3 Å². The second-order valence-corrected chi connectivity index (χ2v) is 8.38. The smallest absolute Gasteiger partial charge is 0.321 e. The van der Waals surface area contributed by atoms with Gasteiger partial charge in [-0.3, -0.25) is 4.79 Å². The molecule has 144 valence electrons. The third kappa shape index (κ3) is 5.19. The van der Waals surface area contributed by atoms with Gasteiger partial charge >= 0.3 is 6.03 Å². The molecule has 0 spiro atoms. The Bertz CT molecular complexity index is 793. The molecular weight excluding hydrogens is 362 g/mol. The number of benzene rings is 1. The molecule has 2 aromatic rings. The molecule has 1 saturated heterocycles. The van der Waals surface area contributed by atoms with Crippen molar-refractivity contribution in [2.75, 3.05) is 36.4 Å². The highest BCUT2D eigenvalue weighted by Gasteiger charge is 2.22. The molecule has 3 rings (SSSR count). The minimum Gasteiger partial charge on any atom is -0.347 e. The first kappa shape index (κ1) is 19.2. The maximum atomic E-state index is 12.6. The van der Waals surface area contributed by atoms with Gasteiger partial charge in [-0.25, -0.2) is 9.78 Å². The average Bonchev–Trinajstić information content (AvgIpc) is 3.15. The Balaban J connectivity index is 1.57. The summed E-state index contributed by atoms with van der Waals surface area (Å²) in [5, 5.41) is 8.77. The summed E-state index contributed by atoms with van der Waals surface area (Å²) in [6, 6.07) is 6.85. The third-order valence-electron chi connectivity index (χ3n) is 4.12. The van der Waals surface area contributed by atoms with Crippen molar-refractivity contribution < 1.29 is 9.59 Å². The molecule has 1 aromatic heterocycles. The first-order valence-electron chi connectivity index (χ1n) is 8.95. The van der Waals surface area contributed by atoms with Crippen molar-refractivity contribution in [3.8, 4) is 0 Å². The molecule has 0 atom stereocenters. The molecule has 1 fully saturated rings. The molecular formula is C19H25N5O2S. The van der Waals surface area contributed by atoms with Gasteiger partial charge in [-0.1, -0.05) is 6.07 Å². The molecule has 1 aliphatic rings. The Kier molecular flexibility index (Phi) is 5.65. The zero-order valence-electron chi connectivity index (χ0n) is 15.9. The van der Waals surface area contributed by atoms with Crippen molar-refractivity contribution in [2.45, 2.75) is 26.3 Å². The highest BCUT2D eigenvalue weighted by atomic mass is 32.1. The van der Waals surface area contributed by atoms with Gasteiger partial charge in [-0.2, -0.15) is 0 Å². The van der Waals surface area contributed by atoms with Crippen LogP contribution in [0, 0.1) is 0 Å². The minimum atomic E-state index is -0.312. The standard InChI is InChI=1S/C19H25N5O2S/c1-19(2,3)22-16(25)14-5-4-6-15(13-14)21-17(26)23-8-10-24(11-9-23)18-20-7-12-27-18/h4-7,12-13H,8-11H2,1-3H3,(H,21,26)(H,22,25). The molecule has 7 nitrogen and oxygen atoms in total. The normalized spacial score (nSPS) is 14.8. The van der Waals surface area contributed by atoms with E-state index in [0.717, 1.165) is 18.2 Å². The molecule has 2 N–H and O–H groups in total. The predicted molar refractivity (Wildman–Crippen MR) is 109 cm³/mol. The van der Waals surface area contributed by atoms with Crippen molar-refractivity contribution in [2.24, 2.45) is 0 Å². The van der Waals surface area contributed by atoms with E-state index in [1.165, 1.54) is 0 Å². The molecule has 8 heteroatoms. The summed E-state index contributed by atoms with van der Waals surface area (Å²) in [6.45, 7) is 8.58. The van der Waals surface area contributed by atoms with Crippen LogP contribution in [-0.2, 0) is 0 Å². The summed E-state index contributed by atoms with van der Waals surface area (Å²) in [6.07, 6.45) is 1.79. The lowest BCUT2D eigenvalue weighted by atomic mass is 10.1. The van der Waals surface area contributed by atoms with Crippen molar-refractivity contribution in [1.29, 1.82) is 0 Å². The number of nitrogens with zero attached hydrogens (tertiary/aromatic N) is 3. The SMILES string of the molecule is CC(C)(C)NC(=O)c1cccc(NC(=O)N2CCN(c3nccs3)CC2)c1. The number of hydrogen-bond acceptors (Lipinski definition) is 5. The lowest BCUT2D eigenvalue weighted by molar-refractivity contribution is 0.0919. The number of thiazole rings is 1. The van der Waals surface area contributed by atoms with Crippen LogP contribution in [0.2, 0.25) is 0 Å². The van der Waals surface area contributed by atoms with E-state index in [9.17, 15) is 9.59 Å². The number of carbonyl (C=O) groups excluding carboxylic acids is 2. The maximum Gasteiger partial charge on any atom is 0.321 e. The summed E-state index contributed by atoms with van der Waals surface area (Å²) in [5.41, 5.74) is 0.827. The molecule has 0 saturated carbocycles. The summed E-state index contributed by atoms with van der Waals surface area (Å²) < 4.78 is 0. The Morgan fingerprint density at radius 1 is 1.15 bits per heavy atom. The first-order chi connectivity index (χ1) is 12.8. The number of nitrogens with one attached hydrogen (secondary N) is 2. The first-order valence-corrected chi connectivity index (χ1v) is 9.83. The van der Waals surface area contributed by atoms with E-state index in [-0.39, 0.29) is 17.5 Å². The summed E-state index contributed by atoms with van der Waals surface area (Å²) >= 11 is 1.61. The average molecular weight is 388 g/mol. The van der Waals surface area contributed by atoms with Crippen LogP contribution >= 0.6 is 11.3 Å². The zero-order chi connectivity index (χ0) is 19.4. The van der Waals surface area contributed by atoms with Crippen molar-refractivity contribution in [3.05, 3.63) is 41.4 Å². The monoisotopic (exact) mass is 387 g/mol. The molecule has 1 aromatic carbocycles. The highest BCUT2D eigenvalue weighted by Crippen LogP contribution is 2.19. The van der Waals surface area contributed by atoms with E-state index in [1.54, 1.807) is 46.7 Å². The molecule has 0 unspecified atom stereocenters. The van der Waals surface area contributed by atoms with Crippen molar-refractivity contribution in [3.63, 3.8) is 0 Å². The number of carbonyl (C=O) groups is 2. The molecule has 0 radical (unpaired) electrons. The summed E-state index contributed by atoms with van der Waals surface area (Å²) in [5.74, 6) is -0.157. The minimum absolute atomic E-state index is 0.151. The van der Waals surface area contributed by atoms with E-state index in [4.69, 9.17) is 0 Å². The van der Waals surface area contributed by atoms with Gasteiger partial charge < -0.3 is 20.4 Å². The number of amides is 3. The third-order valence-corrected chi connectivity index (χ3v) is 4.95. The quantitative estimate of drug-likeness (QED) is 0.849. The number of aromatic nitrogens is 1. The second-order valence-electron chi connectivity index (χ2n) is 7.50. The summed E-state index contributed by atoms with van der Waals surface area (Å²) in [4.78, 5) is 33.1. The number of rotatable bonds is 3. The van der Waals surface area contributed by atoms with E-state index < -0.39 is 0 Å². The van der Waals surface area contributed by atoms with Gasteiger partial charge in [0, 0.05) is 54.5 Å². The fraction of sp³-hybridized carbons (Fsp3) is 0.421. The largest absolute Gasteiger partial charge is 0.347 e. The molecule has 3 amide bonds. The van der Waals surface area contributed by atoms with E-state index >= 15 is 0 Å². The van der Waals surface area contributed by atoms with E-state index in [2.05, 4.69) is 20.5 Å². The van der Waals surface area contributed by atoms with Gasteiger partial charge in [-0.05, 0) is 39.0 Å². The Morgan fingerprint density at radius 3 is 2.52 bits per heavy atom. The topological polar surface area (TPSA) is 77.6 Å². The molecule has 27 heavy (non-hydrogen) atoms. The number of urea groups is 1. The van der Waals surface area contributed by atoms with Gasteiger partial charge in [0.2, 0.25) is 0 Å². The molecule has 2 heterocycles. The fourth-order valence-corrected chi connectivity index (χ4v) is 3.52. The van der Waals surface area contributed by atoms with Crippen LogP contribution in [0.3, 0.4) is 0 Å². The van der Waals surface area contributed by atoms with Crippen LogP contribution in [0.4, 0.5) is 15.6 Å². The van der Waals surface area contributed by atoms with Gasteiger partial charge in [0.15, 0.2) is 5.13 Å². The molecule has 1 aliphatic heterocycles. The van der Waals surface area contributed by atoms with Crippen LogP contribution in [-0.4, -0.2) is 53.5 Å². The van der Waals surface area contributed by atoms with Crippen LogP contribution in [0.5, 0.6) is 0 Å². The van der Waals surface area contributed by atoms with Crippen molar-refractivity contribution >= 4 is 34.1 Å². The predicted octanol–water partition coefficient (Wildman–Crippen LogP) is 3.03. The van der Waals surface area contributed by atoms with Crippen molar-refractivity contribution in [1.82, 2.24) is 15.2 Å². The van der Waals surface area contributed by atoms with E-state index in [1.807, 2.05) is 26.2 Å². The second kappa shape index (κ2) is 7.96. The fourth-order valence-electron chi connectivity index (χ4n) is 2.83. The highest BCUT2D eigenvalue weighted by molar-refractivity contribution is 7.13. The molecule has 0 aliphatic carbocycles. The Morgan fingerprint density at radius 2 is 1.89 bits per heavy atom. The summed E-state index contributed by atoms with van der Waals surface area (Å²) in [7, 11) is 0. The van der Waals surface area contributed by atoms with Crippen LogP contribution in [0.25, 0.3) is 0 Å². The molecule has 0 bridgehead atoms. The van der Waals surface area contributed by atoms with Crippen LogP contribution in [0.15, 0.2) is 35.8 Å². The number of piperazine rings is 1. The van der Waals surface area contributed by atoms with Gasteiger partial charge in [0.1, 0.15) is 0 Å². The number of anilines is 2. The lowest BCUT2D eigenvalue weighted by Crippen LogP contribution is -2.50. The van der Waals surface area contributed by atoms with Crippen LogP contribution < -0.4 is 15.5 Å². The van der Waals surface area contributed by atoms with Gasteiger partial charge in [0.25, 0.3) is 5.91 Å².